The van der Waals surface area contributed by atoms with Crippen LogP contribution >= 0.6 is 15.9 Å². The molecule has 0 fully saturated rings. The average Bonchev–Trinajstić information content (AvgIpc) is 2.41. The van der Waals surface area contributed by atoms with Gasteiger partial charge >= 0.3 is 0 Å². The second kappa shape index (κ2) is 5.84. The van der Waals surface area contributed by atoms with Crippen molar-refractivity contribution in [3.05, 3.63) is 68.5 Å². The highest BCUT2D eigenvalue weighted by atomic mass is 79.9. The number of pyridine rings is 1. The van der Waals surface area contributed by atoms with E-state index >= 15 is 0 Å². The molecule has 0 bridgehead atoms. The number of carbonyl (C=O) groups excluding carboxylic acids is 1. The van der Waals surface area contributed by atoms with Crippen molar-refractivity contribution in [3.63, 3.8) is 0 Å². The highest BCUT2D eigenvalue weighted by Gasteiger charge is 2.11. The van der Waals surface area contributed by atoms with E-state index in [4.69, 9.17) is 0 Å². The number of hydrogen-bond acceptors (Lipinski definition) is 2. The first-order valence-corrected chi connectivity index (χ1v) is 6.54. The number of rotatable bonds is 3. The van der Waals surface area contributed by atoms with Gasteiger partial charge in [-0.25, -0.2) is 0 Å². The molecule has 0 aliphatic carbocycles. The summed E-state index contributed by atoms with van der Waals surface area (Å²) in [7, 11) is 1.73. The molecule has 2 aromatic rings. The van der Waals surface area contributed by atoms with Crippen molar-refractivity contribution in [1.29, 1.82) is 0 Å². The molecule has 0 aliphatic heterocycles. The highest BCUT2D eigenvalue weighted by Crippen LogP contribution is 2.12. The molecule has 98 valence electrons. The number of aromatic nitrogens is 1. The van der Waals surface area contributed by atoms with Gasteiger partial charge < -0.3 is 9.88 Å². The average molecular weight is 321 g/mol. The Kier molecular flexibility index (Phi) is 4.16. The van der Waals surface area contributed by atoms with E-state index in [1.54, 1.807) is 11.9 Å². The third-order valence-corrected chi connectivity index (χ3v) is 3.24. The largest absolute Gasteiger partial charge is 0.337 e. The van der Waals surface area contributed by atoms with Crippen LogP contribution in [0, 0.1) is 0 Å². The Bertz CT molecular complexity index is 614. The summed E-state index contributed by atoms with van der Waals surface area (Å²) >= 11 is 3.37. The minimum absolute atomic E-state index is 0.126. The van der Waals surface area contributed by atoms with E-state index in [9.17, 15) is 9.59 Å². The van der Waals surface area contributed by atoms with Gasteiger partial charge in [0.2, 0.25) is 5.56 Å². The summed E-state index contributed by atoms with van der Waals surface area (Å²) in [6.07, 6.45) is 1.43. The van der Waals surface area contributed by atoms with Gasteiger partial charge in [0, 0.05) is 30.3 Å². The zero-order chi connectivity index (χ0) is 13.8. The molecule has 0 radical (unpaired) electrons. The normalized spacial score (nSPS) is 10.2. The van der Waals surface area contributed by atoms with Crippen molar-refractivity contribution in [3.8, 4) is 0 Å². The molecule has 0 atom stereocenters. The van der Waals surface area contributed by atoms with Gasteiger partial charge in [-0.2, -0.15) is 0 Å². The molecule has 0 aliphatic rings. The molecule has 19 heavy (non-hydrogen) atoms. The quantitative estimate of drug-likeness (QED) is 0.944. The number of benzene rings is 1. The number of amides is 1. The lowest BCUT2D eigenvalue weighted by Gasteiger charge is -2.17. The monoisotopic (exact) mass is 320 g/mol. The molecule has 1 aromatic carbocycles. The maximum atomic E-state index is 12.1. The maximum absolute atomic E-state index is 12.1. The van der Waals surface area contributed by atoms with Crippen molar-refractivity contribution in [2.75, 3.05) is 7.05 Å². The van der Waals surface area contributed by atoms with Crippen LogP contribution in [0.25, 0.3) is 0 Å². The number of halogens is 1. The molecule has 1 heterocycles. The van der Waals surface area contributed by atoms with E-state index in [2.05, 4.69) is 20.9 Å². The van der Waals surface area contributed by atoms with E-state index in [1.165, 1.54) is 18.3 Å². The fraction of sp³-hybridized carbons (Fsp3) is 0.143. The molecule has 0 saturated carbocycles. The van der Waals surface area contributed by atoms with Crippen LogP contribution in [0.15, 0.2) is 51.9 Å². The van der Waals surface area contributed by atoms with Crippen LogP contribution in [0.3, 0.4) is 0 Å². The third kappa shape index (κ3) is 3.54. The van der Waals surface area contributed by atoms with Crippen LogP contribution in [0.4, 0.5) is 0 Å². The second-order valence-electron chi connectivity index (χ2n) is 4.23. The highest BCUT2D eigenvalue weighted by molar-refractivity contribution is 9.10. The predicted octanol–water partition coefficient (Wildman–Crippen LogP) is 2.41. The topological polar surface area (TPSA) is 53.2 Å². The lowest BCUT2D eigenvalue weighted by atomic mass is 10.2. The smallest absolute Gasteiger partial charge is 0.255 e. The molecular formula is C14H13BrN2O2. The van der Waals surface area contributed by atoms with Gasteiger partial charge in [-0.1, -0.05) is 28.1 Å². The predicted molar refractivity (Wildman–Crippen MR) is 77.0 cm³/mol. The van der Waals surface area contributed by atoms with Gasteiger partial charge in [0.25, 0.3) is 5.91 Å². The SMILES string of the molecule is CN(Cc1ccc(Br)cc1)C(=O)c1ccc(=O)[nH]c1. The van der Waals surface area contributed by atoms with E-state index in [0.717, 1.165) is 10.0 Å². The Morgan fingerprint density at radius 3 is 2.47 bits per heavy atom. The van der Waals surface area contributed by atoms with Crippen LogP contribution in [-0.2, 0) is 6.54 Å². The van der Waals surface area contributed by atoms with Crippen molar-refractivity contribution >= 4 is 21.8 Å². The Morgan fingerprint density at radius 1 is 1.21 bits per heavy atom. The Labute approximate surface area is 119 Å². The fourth-order valence-electron chi connectivity index (χ4n) is 1.70. The fourth-order valence-corrected chi connectivity index (χ4v) is 1.96. The number of carbonyl (C=O) groups is 1. The standard InChI is InChI=1S/C14H13BrN2O2/c1-17(9-10-2-5-12(15)6-3-10)14(19)11-4-7-13(18)16-8-11/h2-8H,9H2,1H3,(H,16,18). The van der Waals surface area contributed by atoms with E-state index in [0.29, 0.717) is 12.1 Å². The first kappa shape index (κ1) is 13.5. The second-order valence-corrected chi connectivity index (χ2v) is 5.14. The maximum Gasteiger partial charge on any atom is 0.255 e. The molecule has 0 spiro atoms. The van der Waals surface area contributed by atoms with Crippen LogP contribution in [0.5, 0.6) is 0 Å². The molecule has 4 nitrogen and oxygen atoms in total. The molecule has 1 amide bonds. The van der Waals surface area contributed by atoms with Gasteiger partial charge in [0.15, 0.2) is 0 Å². The Hall–Kier alpha value is -1.88. The van der Waals surface area contributed by atoms with Crippen LogP contribution in [0.1, 0.15) is 15.9 Å². The van der Waals surface area contributed by atoms with Gasteiger partial charge in [0.1, 0.15) is 0 Å². The number of H-pyrrole nitrogens is 1. The van der Waals surface area contributed by atoms with Crippen LogP contribution < -0.4 is 5.56 Å². The summed E-state index contributed by atoms with van der Waals surface area (Å²) < 4.78 is 1.01. The lowest BCUT2D eigenvalue weighted by Crippen LogP contribution is -2.26. The van der Waals surface area contributed by atoms with Gasteiger partial charge in [-0.3, -0.25) is 9.59 Å². The molecule has 2 rings (SSSR count). The molecule has 1 N–H and O–H groups in total. The van der Waals surface area contributed by atoms with Gasteiger partial charge in [-0.15, -0.1) is 0 Å². The van der Waals surface area contributed by atoms with Gasteiger partial charge in [-0.05, 0) is 23.8 Å². The molecule has 1 aromatic heterocycles. The Morgan fingerprint density at radius 2 is 1.89 bits per heavy atom. The number of nitrogens with one attached hydrogen (secondary N) is 1. The molecule has 0 saturated heterocycles. The molecular weight excluding hydrogens is 308 g/mol. The summed E-state index contributed by atoms with van der Waals surface area (Å²) in [5, 5.41) is 0. The van der Waals surface area contributed by atoms with Crippen LogP contribution in [-0.4, -0.2) is 22.8 Å². The first-order chi connectivity index (χ1) is 9.06. The van der Waals surface area contributed by atoms with Crippen molar-refractivity contribution < 1.29 is 4.79 Å². The summed E-state index contributed by atoms with van der Waals surface area (Å²) in [6, 6.07) is 10.7. The minimum atomic E-state index is -0.216. The lowest BCUT2D eigenvalue weighted by molar-refractivity contribution is 0.0784. The minimum Gasteiger partial charge on any atom is -0.337 e. The van der Waals surface area contributed by atoms with E-state index in [1.807, 2.05) is 24.3 Å². The van der Waals surface area contributed by atoms with Crippen LogP contribution in [0.2, 0.25) is 0 Å². The number of hydrogen-bond donors (Lipinski definition) is 1. The number of aromatic amines is 1. The summed E-state index contributed by atoms with van der Waals surface area (Å²) in [6.45, 7) is 0.519. The summed E-state index contributed by atoms with van der Waals surface area (Å²) in [5.74, 6) is -0.126. The zero-order valence-electron chi connectivity index (χ0n) is 10.4. The summed E-state index contributed by atoms with van der Waals surface area (Å²) in [4.78, 5) is 27.2. The number of nitrogens with zero attached hydrogens (tertiary/aromatic N) is 1. The molecule has 0 unspecified atom stereocenters. The zero-order valence-corrected chi connectivity index (χ0v) is 12.0. The Balaban J connectivity index is 2.09. The first-order valence-electron chi connectivity index (χ1n) is 5.75. The van der Waals surface area contributed by atoms with Crippen molar-refractivity contribution in [1.82, 2.24) is 9.88 Å². The van der Waals surface area contributed by atoms with Crippen molar-refractivity contribution in [2.45, 2.75) is 6.54 Å². The van der Waals surface area contributed by atoms with E-state index < -0.39 is 0 Å². The third-order valence-electron chi connectivity index (χ3n) is 2.71. The molecule has 5 heteroatoms. The van der Waals surface area contributed by atoms with E-state index in [-0.39, 0.29) is 11.5 Å². The van der Waals surface area contributed by atoms with Gasteiger partial charge in [0.05, 0.1) is 5.56 Å². The summed E-state index contributed by atoms with van der Waals surface area (Å²) in [5.41, 5.74) is 1.30. The van der Waals surface area contributed by atoms with Crippen molar-refractivity contribution in [2.24, 2.45) is 0 Å².